The Morgan fingerprint density at radius 3 is 2.71 bits per heavy atom. The quantitative estimate of drug-likeness (QED) is 0.778. The molecular weight excluding hydrogens is 314 g/mol. The molecule has 1 heterocycles. The summed E-state index contributed by atoms with van der Waals surface area (Å²) in [6, 6.07) is 4.22. The number of carbonyl (C=O) groups excluding carboxylic acids is 1. The number of nitrogens with one attached hydrogen (secondary N) is 1. The van der Waals surface area contributed by atoms with Crippen LogP contribution in [0.25, 0.3) is 11.0 Å². The zero-order valence-corrected chi connectivity index (χ0v) is 13.7. The molecule has 0 spiro atoms. The summed E-state index contributed by atoms with van der Waals surface area (Å²) in [7, 11) is 1.53. The first kappa shape index (κ1) is 17.5. The molecule has 0 fully saturated rings. The first-order valence-electron chi connectivity index (χ1n) is 7.46. The third-order valence-electron chi connectivity index (χ3n) is 3.84. The first-order valence-corrected chi connectivity index (χ1v) is 7.46. The van der Waals surface area contributed by atoms with Crippen LogP contribution in [0.1, 0.15) is 24.5 Å². The Morgan fingerprint density at radius 1 is 1.38 bits per heavy atom. The Hall–Kier alpha value is -2.83. The van der Waals surface area contributed by atoms with E-state index in [0.717, 1.165) is 10.9 Å². The number of carbonyl (C=O) groups is 2. The van der Waals surface area contributed by atoms with E-state index >= 15 is 0 Å². The molecule has 0 saturated heterocycles. The summed E-state index contributed by atoms with van der Waals surface area (Å²) in [4.78, 5) is 34.7. The number of hydrogen-bond donors (Lipinski definition) is 2. The van der Waals surface area contributed by atoms with Gasteiger partial charge in [0.05, 0.1) is 7.11 Å². The second-order valence-corrected chi connectivity index (χ2v) is 5.48. The van der Waals surface area contributed by atoms with Crippen LogP contribution in [0.15, 0.2) is 27.4 Å². The second kappa shape index (κ2) is 7.16. The largest absolute Gasteiger partial charge is 0.497 e. The van der Waals surface area contributed by atoms with E-state index in [-0.39, 0.29) is 12.8 Å². The Labute approximate surface area is 138 Å². The van der Waals surface area contributed by atoms with E-state index in [1.165, 1.54) is 14.0 Å². The van der Waals surface area contributed by atoms with Crippen LogP contribution in [0.2, 0.25) is 0 Å². The Morgan fingerprint density at radius 2 is 2.08 bits per heavy atom. The molecule has 2 N–H and O–H groups in total. The number of carboxylic acids is 1. The number of amides is 1. The average Bonchev–Trinajstić information content (AvgIpc) is 2.53. The average molecular weight is 333 g/mol. The van der Waals surface area contributed by atoms with Gasteiger partial charge in [0.1, 0.15) is 17.4 Å². The molecule has 2 aromatic rings. The van der Waals surface area contributed by atoms with Crippen LogP contribution >= 0.6 is 0 Å². The normalized spacial score (nSPS) is 12.0. The minimum atomic E-state index is -1.11. The van der Waals surface area contributed by atoms with Crippen LogP contribution in [0.3, 0.4) is 0 Å². The maximum Gasteiger partial charge on any atom is 0.339 e. The maximum absolute atomic E-state index is 12.2. The van der Waals surface area contributed by atoms with E-state index in [2.05, 4.69) is 5.32 Å². The minimum absolute atomic E-state index is 0.00484. The SMILES string of the molecule is COc1ccc2c(C)c(CCC(=O)N[C@@H](C)C(=O)O)c(=O)oc2c1. The van der Waals surface area contributed by atoms with Crippen molar-refractivity contribution in [2.45, 2.75) is 32.7 Å². The highest BCUT2D eigenvalue weighted by Crippen LogP contribution is 2.24. The summed E-state index contributed by atoms with van der Waals surface area (Å²) in [5.74, 6) is -0.961. The number of hydrogen-bond acceptors (Lipinski definition) is 5. The number of methoxy groups -OCH3 is 1. The molecule has 0 aliphatic rings. The predicted octanol–water partition coefficient (Wildman–Crippen LogP) is 1.63. The molecule has 0 saturated carbocycles. The van der Waals surface area contributed by atoms with Crippen LogP contribution in [-0.2, 0) is 16.0 Å². The smallest absolute Gasteiger partial charge is 0.339 e. The lowest BCUT2D eigenvalue weighted by Crippen LogP contribution is -2.38. The van der Waals surface area contributed by atoms with Crippen molar-refractivity contribution in [2.75, 3.05) is 7.11 Å². The number of carboxylic acid groups (broad SMARTS) is 1. The molecule has 1 amide bonds. The van der Waals surface area contributed by atoms with E-state index in [9.17, 15) is 14.4 Å². The third kappa shape index (κ3) is 3.73. The molecule has 24 heavy (non-hydrogen) atoms. The topological polar surface area (TPSA) is 106 Å². The lowest BCUT2D eigenvalue weighted by atomic mass is 10.0. The Bertz CT molecular complexity index is 839. The van der Waals surface area contributed by atoms with Crippen LogP contribution in [0, 0.1) is 6.92 Å². The van der Waals surface area contributed by atoms with Gasteiger partial charge in [0.25, 0.3) is 0 Å². The van der Waals surface area contributed by atoms with E-state index in [0.29, 0.717) is 16.9 Å². The van der Waals surface area contributed by atoms with E-state index in [1.54, 1.807) is 25.1 Å². The number of benzene rings is 1. The van der Waals surface area contributed by atoms with Crippen LogP contribution in [0.5, 0.6) is 5.75 Å². The molecule has 7 nitrogen and oxygen atoms in total. The van der Waals surface area contributed by atoms with Crippen molar-refractivity contribution in [2.24, 2.45) is 0 Å². The zero-order valence-electron chi connectivity index (χ0n) is 13.7. The minimum Gasteiger partial charge on any atom is -0.497 e. The summed E-state index contributed by atoms with van der Waals surface area (Å²) in [5.41, 5.74) is 1.06. The van der Waals surface area contributed by atoms with Crippen molar-refractivity contribution in [3.05, 3.63) is 39.7 Å². The van der Waals surface area contributed by atoms with Crippen LogP contribution in [0.4, 0.5) is 0 Å². The summed E-state index contributed by atoms with van der Waals surface area (Å²) >= 11 is 0. The van der Waals surface area contributed by atoms with E-state index in [4.69, 9.17) is 14.3 Å². The van der Waals surface area contributed by atoms with Gasteiger partial charge >= 0.3 is 11.6 Å². The predicted molar refractivity (Wildman–Crippen MR) is 87.3 cm³/mol. The van der Waals surface area contributed by atoms with Crippen molar-refractivity contribution in [3.8, 4) is 5.75 Å². The number of rotatable bonds is 6. The Balaban J connectivity index is 2.22. The van der Waals surface area contributed by atoms with Gasteiger partial charge in [0.15, 0.2) is 0 Å². The molecular formula is C17H19NO6. The van der Waals surface area contributed by atoms with Gasteiger partial charge in [-0.2, -0.15) is 0 Å². The highest BCUT2D eigenvalue weighted by molar-refractivity contribution is 5.84. The highest BCUT2D eigenvalue weighted by atomic mass is 16.5. The van der Waals surface area contributed by atoms with Gasteiger partial charge < -0.3 is 19.6 Å². The summed E-state index contributed by atoms with van der Waals surface area (Å²) in [6.45, 7) is 3.17. The van der Waals surface area contributed by atoms with Crippen molar-refractivity contribution >= 4 is 22.8 Å². The molecule has 0 unspecified atom stereocenters. The highest BCUT2D eigenvalue weighted by Gasteiger charge is 2.16. The zero-order chi connectivity index (χ0) is 17.9. The Kier molecular flexibility index (Phi) is 5.23. The molecule has 1 atom stereocenters. The molecule has 0 aliphatic carbocycles. The summed E-state index contributed by atoms with van der Waals surface area (Å²) in [6.07, 6.45) is 0.180. The molecule has 1 aromatic carbocycles. The molecule has 0 radical (unpaired) electrons. The second-order valence-electron chi connectivity index (χ2n) is 5.48. The van der Waals surface area contributed by atoms with Gasteiger partial charge in [-0.15, -0.1) is 0 Å². The van der Waals surface area contributed by atoms with Crippen LogP contribution in [-0.4, -0.2) is 30.1 Å². The van der Waals surface area contributed by atoms with E-state index in [1.807, 2.05) is 0 Å². The fourth-order valence-electron chi connectivity index (χ4n) is 2.40. The van der Waals surface area contributed by atoms with Crippen LogP contribution < -0.4 is 15.7 Å². The van der Waals surface area contributed by atoms with Crippen molar-refractivity contribution in [3.63, 3.8) is 0 Å². The summed E-state index contributed by atoms with van der Waals surface area (Å²) in [5, 5.41) is 11.9. The molecule has 7 heteroatoms. The monoisotopic (exact) mass is 333 g/mol. The number of ether oxygens (including phenoxy) is 1. The fourth-order valence-corrected chi connectivity index (χ4v) is 2.40. The molecule has 1 aromatic heterocycles. The molecule has 128 valence electrons. The van der Waals surface area contributed by atoms with Gasteiger partial charge in [-0.3, -0.25) is 9.59 Å². The molecule has 2 rings (SSSR count). The maximum atomic E-state index is 12.2. The van der Waals surface area contributed by atoms with Crippen molar-refractivity contribution < 1.29 is 23.8 Å². The number of aliphatic carboxylic acids is 1. The standard InChI is InChI=1S/C17H19NO6/c1-9-12-5-4-11(23-3)8-14(12)24-17(22)13(9)6-7-15(19)18-10(2)16(20)21/h4-5,8,10H,6-7H2,1-3H3,(H,18,19)(H,20,21)/t10-/m0/s1. The third-order valence-corrected chi connectivity index (χ3v) is 3.84. The van der Waals surface area contributed by atoms with Gasteiger partial charge in [-0.25, -0.2) is 4.79 Å². The van der Waals surface area contributed by atoms with Crippen molar-refractivity contribution in [1.82, 2.24) is 5.32 Å². The fraction of sp³-hybridized carbons (Fsp3) is 0.353. The molecule has 0 bridgehead atoms. The molecule has 0 aliphatic heterocycles. The van der Waals surface area contributed by atoms with Gasteiger partial charge in [0, 0.05) is 23.4 Å². The lowest BCUT2D eigenvalue weighted by Gasteiger charge is -2.11. The number of fused-ring (bicyclic) bond motifs is 1. The first-order chi connectivity index (χ1) is 11.3. The summed E-state index contributed by atoms with van der Waals surface area (Å²) < 4.78 is 10.4. The van der Waals surface area contributed by atoms with Gasteiger partial charge in [-0.05, 0) is 38.0 Å². The van der Waals surface area contributed by atoms with Gasteiger partial charge in [0.2, 0.25) is 5.91 Å². The lowest BCUT2D eigenvalue weighted by molar-refractivity contribution is -0.141. The van der Waals surface area contributed by atoms with E-state index < -0.39 is 23.5 Å². The van der Waals surface area contributed by atoms with Crippen molar-refractivity contribution in [1.29, 1.82) is 0 Å². The van der Waals surface area contributed by atoms with Gasteiger partial charge in [-0.1, -0.05) is 0 Å². The number of aryl methyl sites for hydroxylation is 1.